The maximum Gasteiger partial charge on any atom is 0.433 e. The molecule has 0 saturated carbocycles. The lowest BCUT2D eigenvalue weighted by Gasteiger charge is -2.11. The molecule has 5 nitrogen and oxygen atoms in total. The quantitative estimate of drug-likeness (QED) is 0.849. The molecular weight excluding hydrogens is 259 g/mol. The molecule has 19 heavy (non-hydrogen) atoms. The molecule has 8 heteroatoms. The second-order valence-electron chi connectivity index (χ2n) is 3.99. The Labute approximate surface area is 106 Å². The number of rotatable bonds is 1. The van der Waals surface area contributed by atoms with Gasteiger partial charge in [0.1, 0.15) is 0 Å². The fourth-order valence-electron chi connectivity index (χ4n) is 1.92. The van der Waals surface area contributed by atoms with Crippen LogP contribution < -0.4 is 5.32 Å². The number of halogens is 3. The van der Waals surface area contributed by atoms with Gasteiger partial charge in [0.05, 0.1) is 5.69 Å². The predicted molar refractivity (Wildman–Crippen MR) is 58.6 cm³/mol. The van der Waals surface area contributed by atoms with Crippen molar-refractivity contribution in [3.05, 3.63) is 35.4 Å². The third-order valence-corrected chi connectivity index (χ3v) is 2.72. The third kappa shape index (κ3) is 2.14. The number of nitrogens with one attached hydrogen (secondary N) is 1. The van der Waals surface area contributed by atoms with Gasteiger partial charge in [-0.1, -0.05) is 0 Å². The summed E-state index contributed by atoms with van der Waals surface area (Å²) in [5.74, 6) is -0.0157. The standard InChI is InChI=1S/C11H8F3N5/c12-11(13,14)8-6-4-15-5-7(6)18-10(19-8)9-16-2-1-3-17-9/h1-3,15H,4-5H2. The van der Waals surface area contributed by atoms with Gasteiger partial charge in [-0.3, -0.25) is 0 Å². The number of fused-ring (bicyclic) bond motifs is 1. The topological polar surface area (TPSA) is 63.6 Å². The second kappa shape index (κ2) is 4.23. The average molecular weight is 267 g/mol. The van der Waals surface area contributed by atoms with E-state index in [0.29, 0.717) is 12.2 Å². The van der Waals surface area contributed by atoms with Crippen molar-refractivity contribution in [2.75, 3.05) is 0 Å². The summed E-state index contributed by atoms with van der Waals surface area (Å²) >= 11 is 0. The minimum atomic E-state index is -4.51. The van der Waals surface area contributed by atoms with Gasteiger partial charge in [-0.25, -0.2) is 19.9 Å². The Morgan fingerprint density at radius 3 is 2.42 bits per heavy atom. The Hall–Kier alpha value is -2.09. The molecule has 0 radical (unpaired) electrons. The molecule has 1 aliphatic heterocycles. The zero-order valence-corrected chi connectivity index (χ0v) is 9.57. The Kier molecular flexibility index (Phi) is 2.67. The van der Waals surface area contributed by atoms with Crippen molar-refractivity contribution in [3.63, 3.8) is 0 Å². The molecule has 0 saturated heterocycles. The van der Waals surface area contributed by atoms with E-state index in [1.165, 1.54) is 12.4 Å². The highest BCUT2D eigenvalue weighted by Crippen LogP contribution is 2.34. The Bertz CT molecular complexity index is 612. The normalized spacial score (nSPS) is 14.5. The molecule has 1 aliphatic rings. The Balaban J connectivity index is 2.19. The molecule has 0 spiro atoms. The lowest BCUT2D eigenvalue weighted by Crippen LogP contribution is -2.15. The third-order valence-electron chi connectivity index (χ3n) is 2.72. The summed E-state index contributed by atoms with van der Waals surface area (Å²) in [5.41, 5.74) is -0.457. The summed E-state index contributed by atoms with van der Waals surface area (Å²) < 4.78 is 38.9. The second-order valence-corrected chi connectivity index (χ2v) is 3.99. The summed E-state index contributed by atoms with van der Waals surface area (Å²) in [4.78, 5) is 15.4. The number of hydrogen-bond acceptors (Lipinski definition) is 5. The van der Waals surface area contributed by atoms with Crippen molar-refractivity contribution in [2.24, 2.45) is 0 Å². The van der Waals surface area contributed by atoms with E-state index in [1.54, 1.807) is 6.07 Å². The van der Waals surface area contributed by atoms with Crippen molar-refractivity contribution in [1.82, 2.24) is 25.3 Å². The van der Waals surface area contributed by atoms with E-state index < -0.39 is 11.9 Å². The fraction of sp³-hybridized carbons (Fsp3) is 0.273. The molecule has 0 fully saturated rings. The Morgan fingerprint density at radius 1 is 1.00 bits per heavy atom. The molecule has 2 aromatic heterocycles. The highest BCUT2D eigenvalue weighted by atomic mass is 19.4. The number of alkyl halides is 3. The fourth-order valence-corrected chi connectivity index (χ4v) is 1.92. The highest BCUT2D eigenvalue weighted by molar-refractivity contribution is 5.46. The van der Waals surface area contributed by atoms with Crippen LogP contribution in [0.15, 0.2) is 18.5 Å². The number of nitrogens with zero attached hydrogens (tertiary/aromatic N) is 4. The van der Waals surface area contributed by atoms with Crippen LogP contribution in [0.3, 0.4) is 0 Å². The first-order chi connectivity index (χ1) is 9.05. The van der Waals surface area contributed by atoms with E-state index in [0.717, 1.165) is 0 Å². The number of aromatic nitrogens is 4. The van der Waals surface area contributed by atoms with Gasteiger partial charge in [0.2, 0.25) is 0 Å². The molecule has 0 amide bonds. The first-order valence-corrected chi connectivity index (χ1v) is 5.51. The van der Waals surface area contributed by atoms with Crippen LogP contribution in [-0.2, 0) is 19.3 Å². The van der Waals surface area contributed by atoms with Crippen LogP contribution in [0.5, 0.6) is 0 Å². The summed E-state index contributed by atoms with van der Waals surface area (Å²) in [6, 6.07) is 1.57. The summed E-state index contributed by atoms with van der Waals surface area (Å²) in [5, 5.41) is 2.84. The van der Waals surface area contributed by atoms with Gasteiger partial charge >= 0.3 is 6.18 Å². The van der Waals surface area contributed by atoms with Crippen LogP contribution in [0, 0.1) is 0 Å². The van der Waals surface area contributed by atoms with E-state index in [2.05, 4.69) is 25.3 Å². The molecule has 0 aromatic carbocycles. The van der Waals surface area contributed by atoms with Gasteiger partial charge in [0.25, 0.3) is 0 Å². The Morgan fingerprint density at radius 2 is 1.74 bits per heavy atom. The lowest BCUT2D eigenvalue weighted by molar-refractivity contribution is -0.141. The number of hydrogen-bond donors (Lipinski definition) is 1. The molecule has 0 bridgehead atoms. The monoisotopic (exact) mass is 267 g/mol. The molecular formula is C11H8F3N5. The zero-order valence-electron chi connectivity index (χ0n) is 9.57. The maximum absolute atomic E-state index is 13.0. The van der Waals surface area contributed by atoms with Crippen LogP contribution in [0.1, 0.15) is 17.0 Å². The predicted octanol–water partition coefficient (Wildman–Crippen LogP) is 1.56. The molecule has 2 aromatic rings. The molecule has 98 valence electrons. The highest BCUT2D eigenvalue weighted by Gasteiger charge is 2.38. The van der Waals surface area contributed by atoms with E-state index in [1.807, 2.05) is 0 Å². The molecule has 0 unspecified atom stereocenters. The lowest BCUT2D eigenvalue weighted by atomic mass is 10.2. The minimum absolute atomic E-state index is 0.0858. The van der Waals surface area contributed by atoms with Crippen LogP contribution in [0.4, 0.5) is 13.2 Å². The molecule has 0 aliphatic carbocycles. The average Bonchev–Trinajstić information content (AvgIpc) is 2.85. The van der Waals surface area contributed by atoms with E-state index in [9.17, 15) is 13.2 Å². The summed E-state index contributed by atoms with van der Waals surface area (Å²) in [6.45, 7) is 0.418. The van der Waals surface area contributed by atoms with Crippen molar-refractivity contribution in [1.29, 1.82) is 0 Å². The van der Waals surface area contributed by atoms with Crippen molar-refractivity contribution >= 4 is 0 Å². The van der Waals surface area contributed by atoms with Gasteiger partial charge in [0.15, 0.2) is 17.3 Å². The van der Waals surface area contributed by atoms with Gasteiger partial charge in [-0.05, 0) is 6.07 Å². The minimum Gasteiger partial charge on any atom is -0.307 e. The van der Waals surface area contributed by atoms with Gasteiger partial charge in [-0.15, -0.1) is 0 Å². The SMILES string of the molecule is FC(F)(F)c1nc(-c2ncccn2)nc2c1CNC2. The van der Waals surface area contributed by atoms with Crippen LogP contribution >= 0.6 is 0 Å². The van der Waals surface area contributed by atoms with E-state index in [4.69, 9.17) is 0 Å². The first-order valence-electron chi connectivity index (χ1n) is 5.51. The summed E-state index contributed by atoms with van der Waals surface area (Å²) in [6.07, 6.45) is -1.64. The van der Waals surface area contributed by atoms with Crippen molar-refractivity contribution in [3.8, 4) is 11.6 Å². The van der Waals surface area contributed by atoms with Crippen molar-refractivity contribution < 1.29 is 13.2 Å². The summed E-state index contributed by atoms with van der Waals surface area (Å²) in [7, 11) is 0. The maximum atomic E-state index is 13.0. The molecule has 3 rings (SSSR count). The van der Waals surface area contributed by atoms with Crippen LogP contribution in [0.2, 0.25) is 0 Å². The first kappa shape index (κ1) is 12.0. The van der Waals surface area contributed by atoms with E-state index in [-0.39, 0.29) is 23.8 Å². The van der Waals surface area contributed by atoms with Gasteiger partial charge in [0, 0.05) is 31.0 Å². The van der Waals surface area contributed by atoms with Crippen LogP contribution in [-0.4, -0.2) is 19.9 Å². The van der Waals surface area contributed by atoms with E-state index >= 15 is 0 Å². The smallest absolute Gasteiger partial charge is 0.307 e. The molecule has 3 heterocycles. The molecule has 0 atom stereocenters. The van der Waals surface area contributed by atoms with Gasteiger partial charge in [-0.2, -0.15) is 13.2 Å². The van der Waals surface area contributed by atoms with Crippen molar-refractivity contribution in [2.45, 2.75) is 19.3 Å². The molecule has 1 N–H and O–H groups in total. The zero-order chi connectivity index (χ0) is 13.5. The van der Waals surface area contributed by atoms with Crippen LogP contribution in [0.25, 0.3) is 11.6 Å². The van der Waals surface area contributed by atoms with Gasteiger partial charge < -0.3 is 5.32 Å². The largest absolute Gasteiger partial charge is 0.433 e.